The maximum absolute atomic E-state index is 3.86. The van der Waals surface area contributed by atoms with Crippen molar-refractivity contribution in [3.8, 4) is 0 Å². The summed E-state index contributed by atoms with van der Waals surface area (Å²) in [6.45, 7) is 6.09. The molecule has 0 bridgehead atoms. The maximum Gasteiger partial charge on any atom is 0.0303 e. The Morgan fingerprint density at radius 3 is 2.53 bits per heavy atom. The van der Waals surface area contributed by atoms with Crippen molar-refractivity contribution < 1.29 is 0 Å². The highest BCUT2D eigenvalue weighted by Gasteiger charge is 2.53. The summed E-state index contributed by atoms with van der Waals surface area (Å²) < 4.78 is 0. The van der Waals surface area contributed by atoms with Crippen molar-refractivity contribution in [2.45, 2.75) is 56.1 Å². The van der Waals surface area contributed by atoms with Crippen LogP contribution in [0.3, 0.4) is 0 Å². The first-order chi connectivity index (χ1) is 9.32. The van der Waals surface area contributed by atoms with E-state index in [1.54, 1.807) is 0 Å². The molecular weight excluding hydrogens is 236 g/mol. The van der Waals surface area contributed by atoms with Crippen LogP contribution in [0.1, 0.15) is 38.5 Å². The van der Waals surface area contributed by atoms with Crippen LogP contribution in [-0.4, -0.2) is 50.3 Å². The minimum Gasteiger partial charge on any atom is -0.316 e. The molecule has 4 rings (SSSR count). The van der Waals surface area contributed by atoms with Gasteiger partial charge in [0, 0.05) is 36.1 Å². The first kappa shape index (κ1) is 12.6. The normalized spacial score (nSPS) is 50.5. The van der Waals surface area contributed by atoms with Crippen LogP contribution in [0.15, 0.2) is 0 Å². The molecule has 4 aliphatic rings. The average Bonchev–Trinajstić information content (AvgIpc) is 2.90. The summed E-state index contributed by atoms with van der Waals surface area (Å²) in [5.74, 6) is 0. The SMILES string of the molecule is C1CCC2(CCNC(C3NCC34CCNC4)C2)NC1. The van der Waals surface area contributed by atoms with Gasteiger partial charge in [0.25, 0.3) is 0 Å². The highest BCUT2D eigenvalue weighted by Crippen LogP contribution is 2.41. The van der Waals surface area contributed by atoms with Crippen molar-refractivity contribution in [1.82, 2.24) is 21.3 Å². The molecule has 108 valence electrons. The third kappa shape index (κ3) is 2.04. The predicted octanol–water partition coefficient (Wildman–Crippen LogP) is 0.202. The fraction of sp³-hybridized carbons (Fsp3) is 1.00. The Kier molecular flexibility index (Phi) is 3.10. The Balaban J connectivity index is 1.46. The van der Waals surface area contributed by atoms with Gasteiger partial charge >= 0.3 is 0 Å². The van der Waals surface area contributed by atoms with Crippen molar-refractivity contribution in [3.05, 3.63) is 0 Å². The fourth-order valence-electron chi connectivity index (χ4n) is 5.00. The maximum atomic E-state index is 3.86. The highest BCUT2D eigenvalue weighted by molar-refractivity contribution is 5.13. The summed E-state index contributed by atoms with van der Waals surface area (Å²) in [6, 6.07) is 1.37. The van der Waals surface area contributed by atoms with Gasteiger partial charge in [0.2, 0.25) is 0 Å². The molecule has 0 radical (unpaired) electrons. The first-order valence-corrected chi connectivity index (χ1v) is 8.25. The van der Waals surface area contributed by atoms with Crippen molar-refractivity contribution >= 4 is 0 Å². The van der Waals surface area contributed by atoms with Crippen LogP contribution >= 0.6 is 0 Å². The Morgan fingerprint density at radius 2 is 1.84 bits per heavy atom. The van der Waals surface area contributed by atoms with Crippen molar-refractivity contribution in [1.29, 1.82) is 0 Å². The van der Waals surface area contributed by atoms with E-state index in [4.69, 9.17) is 0 Å². The Labute approximate surface area is 116 Å². The van der Waals surface area contributed by atoms with Crippen LogP contribution in [0, 0.1) is 5.41 Å². The van der Waals surface area contributed by atoms with E-state index in [2.05, 4.69) is 21.3 Å². The summed E-state index contributed by atoms with van der Waals surface area (Å²) in [4.78, 5) is 0. The van der Waals surface area contributed by atoms with Crippen molar-refractivity contribution in [2.24, 2.45) is 5.41 Å². The third-order valence-electron chi connectivity index (χ3n) is 6.22. The number of nitrogens with one attached hydrogen (secondary N) is 4. The first-order valence-electron chi connectivity index (χ1n) is 8.25. The van der Waals surface area contributed by atoms with Gasteiger partial charge in [-0.3, -0.25) is 0 Å². The predicted molar refractivity (Wildman–Crippen MR) is 77.3 cm³/mol. The Hall–Kier alpha value is -0.160. The molecule has 4 fully saturated rings. The van der Waals surface area contributed by atoms with E-state index < -0.39 is 0 Å². The average molecular weight is 264 g/mol. The van der Waals surface area contributed by atoms with Crippen LogP contribution in [0.5, 0.6) is 0 Å². The van der Waals surface area contributed by atoms with Gasteiger partial charge in [-0.05, 0) is 51.7 Å². The molecule has 2 spiro atoms. The molecule has 0 aromatic carbocycles. The van der Waals surface area contributed by atoms with Crippen LogP contribution in [0.4, 0.5) is 0 Å². The van der Waals surface area contributed by atoms with Crippen molar-refractivity contribution in [3.63, 3.8) is 0 Å². The number of rotatable bonds is 1. The van der Waals surface area contributed by atoms with Crippen LogP contribution < -0.4 is 21.3 Å². The molecule has 4 aliphatic heterocycles. The molecule has 4 N–H and O–H groups in total. The van der Waals surface area contributed by atoms with Gasteiger partial charge in [-0.15, -0.1) is 0 Å². The lowest BCUT2D eigenvalue weighted by atomic mass is 9.65. The van der Waals surface area contributed by atoms with Crippen molar-refractivity contribution in [2.75, 3.05) is 32.7 Å². The summed E-state index contributed by atoms with van der Waals surface area (Å²) in [6.07, 6.45) is 8.19. The second-order valence-electron chi connectivity index (χ2n) is 7.33. The summed E-state index contributed by atoms with van der Waals surface area (Å²) in [5, 5.41) is 15.0. The monoisotopic (exact) mass is 264 g/mol. The molecule has 4 heteroatoms. The lowest BCUT2D eigenvalue weighted by Crippen LogP contribution is -2.73. The van der Waals surface area contributed by atoms with Gasteiger partial charge in [-0.2, -0.15) is 0 Å². The largest absolute Gasteiger partial charge is 0.316 e. The highest BCUT2D eigenvalue weighted by atomic mass is 15.2. The van der Waals surface area contributed by atoms with E-state index in [-0.39, 0.29) is 0 Å². The summed E-state index contributed by atoms with van der Waals surface area (Å²) >= 11 is 0. The molecule has 0 aromatic rings. The standard InChI is InChI=1S/C15H28N4/c1-2-6-19-15(3-1)5-8-17-12(9-15)13-14(11-18-13)4-7-16-10-14/h12-13,16-19H,1-11H2. The molecule has 4 heterocycles. The molecule has 0 aromatic heterocycles. The molecule has 4 atom stereocenters. The number of hydrogen-bond donors (Lipinski definition) is 4. The second-order valence-corrected chi connectivity index (χ2v) is 7.33. The minimum atomic E-state index is 0.457. The second kappa shape index (κ2) is 4.69. The Bertz CT molecular complexity index is 326. The molecule has 4 saturated heterocycles. The summed E-state index contributed by atoms with van der Waals surface area (Å²) in [7, 11) is 0. The molecule has 4 unspecified atom stereocenters. The zero-order valence-electron chi connectivity index (χ0n) is 11.9. The third-order valence-corrected chi connectivity index (χ3v) is 6.22. The number of piperidine rings is 2. The molecular formula is C15H28N4. The van der Waals surface area contributed by atoms with E-state index in [0.717, 1.165) is 0 Å². The Morgan fingerprint density at radius 1 is 0.842 bits per heavy atom. The van der Waals surface area contributed by atoms with Gasteiger partial charge in [0.1, 0.15) is 0 Å². The fourth-order valence-corrected chi connectivity index (χ4v) is 5.00. The quantitative estimate of drug-likeness (QED) is 0.547. The lowest BCUT2D eigenvalue weighted by molar-refractivity contribution is 0.0389. The lowest BCUT2D eigenvalue weighted by Gasteiger charge is -2.55. The van der Waals surface area contributed by atoms with Gasteiger partial charge < -0.3 is 21.3 Å². The van der Waals surface area contributed by atoms with E-state index in [0.29, 0.717) is 23.0 Å². The smallest absolute Gasteiger partial charge is 0.0303 e. The van der Waals surface area contributed by atoms with E-state index in [9.17, 15) is 0 Å². The molecule has 0 aliphatic carbocycles. The number of hydrogen-bond acceptors (Lipinski definition) is 4. The van der Waals surface area contributed by atoms with Crippen LogP contribution in [-0.2, 0) is 0 Å². The van der Waals surface area contributed by atoms with Crippen LogP contribution in [0.2, 0.25) is 0 Å². The van der Waals surface area contributed by atoms with Gasteiger partial charge in [0.15, 0.2) is 0 Å². The van der Waals surface area contributed by atoms with Crippen LogP contribution in [0.25, 0.3) is 0 Å². The van der Waals surface area contributed by atoms with E-state index >= 15 is 0 Å². The molecule has 19 heavy (non-hydrogen) atoms. The molecule has 0 amide bonds. The minimum absolute atomic E-state index is 0.457. The topological polar surface area (TPSA) is 48.1 Å². The zero-order valence-corrected chi connectivity index (χ0v) is 11.9. The van der Waals surface area contributed by atoms with E-state index in [1.165, 1.54) is 71.2 Å². The van der Waals surface area contributed by atoms with Gasteiger partial charge in [-0.1, -0.05) is 6.42 Å². The molecule has 0 saturated carbocycles. The molecule has 4 nitrogen and oxygen atoms in total. The summed E-state index contributed by atoms with van der Waals surface area (Å²) in [5.41, 5.74) is 1.02. The van der Waals surface area contributed by atoms with E-state index in [1.807, 2.05) is 0 Å². The van der Waals surface area contributed by atoms with Gasteiger partial charge in [-0.25, -0.2) is 0 Å². The zero-order chi connectivity index (χ0) is 12.8. The van der Waals surface area contributed by atoms with Gasteiger partial charge in [0.05, 0.1) is 0 Å².